The fourth-order valence-corrected chi connectivity index (χ4v) is 3.23. The third-order valence-electron chi connectivity index (χ3n) is 4.54. The molecule has 1 amide bonds. The molecule has 0 aromatic heterocycles. The Kier molecular flexibility index (Phi) is 5.09. The molecule has 1 aromatic carbocycles. The van der Waals surface area contributed by atoms with Crippen molar-refractivity contribution in [2.45, 2.75) is 63.5 Å². The van der Waals surface area contributed by atoms with Gasteiger partial charge >= 0.3 is 0 Å². The van der Waals surface area contributed by atoms with Crippen molar-refractivity contribution in [1.82, 2.24) is 5.32 Å². The van der Waals surface area contributed by atoms with Crippen LogP contribution in [0.5, 0.6) is 0 Å². The summed E-state index contributed by atoms with van der Waals surface area (Å²) in [5.74, 6) is -0.0518. The van der Waals surface area contributed by atoms with Crippen molar-refractivity contribution in [1.29, 1.82) is 0 Å². The van der Waals surface area contributed by atoms with E-state index in [9.17, 15) is 4.79 Å². The highest BCUT2D eigenvalue weighted by Crippen LogP contribution is 2.27. The fourth-order valence-electron chi connectivity index (χ4n) is 3.23. The summed E-state index contributed by atoms with van der Waals surface area (Å²) in [6, 6.07) is 10.2. The highest BCUT2D eigenvalue weighted by Gasteiger charge is 2.28. The molecule has 22 heavy (non-hydrogen) atoms. The van der Waals surface area contributed by atoms with Crippen molar-refractivity contribution in [2.24, 2.45) is 5.16 Å². The van der Waals surface area contributed by atoms with Crippen molar-refractivity contribution in [3.8, 4) is 0 Å². The lowest BCUT2D eigenvalue weighted by Crippen LogP contribution is -2.39. The van der Waals surface area contributed by atoms with Gasteiger partial charge in [-0.25, -0.2) is 0 Å². The van der Waals surface area contributed by atoms with Crippen LogP contribution >= 0.6 is 0 Å². The van der Waals surface area contributed by atoms with Gasteiger partial charge in [-0.15, -0.1) is 0 Å². The number of rotatable bonds is 3. The SMILES string of the molecule is O=C(NC1CCCCCCC1)C1=NO[C@@H](c2ccccc2)C1. The summed E-state index contributed by atoms with van der Waals surface area (Å²) < 4.78 is 0. The number of nitrogens with one attached hydrogen (secondary N) is 1. The van der Waals surface area contributed by atoms with Crippen LogP contribution in [-0.4, -0.2) is 17.7 Å². The van der Waals surface area contributed by atoms with Crippen LogP contribution in [-0.2, 0) is 9.63 Å². The summed E-state index contributed by atoms with van der Waals surface area (Å²) in [5.41, 5.74) is 1.59. The zero-order valence-electron chi connectivity index (χ0n) is 13.0. The van der Waals surface area contributed by atoms with Crippen molar-refractivity contribution in [3.63, 3.8) is 0 Å². The van der Waals surface area contributed by atoms with E-state index in [2.05, 4.69) is 10.5 Å². The molecule has 1 aliphatic carbocycles. The molecule has 2 aliphatic rings. The van der Waals surface area contributed by atoms with Gasteiger partial charge in [-0.05, 0) is 18.4 Å². The Morgan fingerprint density at radius 3 is 2.45 bits per heavy atom. The largest absolute Gasteiger partial charge is 0.387 e. The van der Waals surface area contributed by atoms with E-state index in [0.29, 0.717) is 18.2 Å². The van der Waals surface area contributed by atoms with Crippen LogP contribution < -0.4 is 5.32 Å². The van der Waals surface area contributed by atoms with E-state index >= 15 is 0 Å². The first-order chi connectivity index (χ1) is 10.8. The van der Waals surface area contributed by atoms with E-state index in [1.54, 1.807) is 0 Å². The molecule has 0 unspecified atom stereocenters. The maximum absolute atomic E-state index is 12.4. The van der Waals surface area contributed by atoms with Crippen molar-refractivity contribution >= 4 is 11.6 Å². The molecule has 1 aromatic rings. The Morgan fingerprint density at radius 1 is 1.05 bits per heavy atom. The molecule has 4 heteroatoms. The Balaban J connectivity index is 1.52. The molecule has 1 aliphatic heterocycles. The highest BCUT2D eigenvalue weighted by atomic mass is 16.6. The molecule has 0 saturated heterocycles. The Labute approximate surface area is 131 Å². The molecule has 1 atom stereocenters. The molecule has 1 saturated carbocycles. The van der Waals surface area contributed by atoms with Gasteiger partial charge in [0.1, 0.15) is 5.71 Å². The smallest absolute Gasteiger partial charge is 0.269 e. The van der Waals surface area contributed by atoms with Crippen LogP contribution in [0.2, 0.25) is 0 Å². The average molecular weight is 300 g/mol. The first-order valence-corrected chi connectivity index (χ1v) is 8.41. The minimum atomic E-state index is -0.126. The third kappa shape index (κ3) is 3.87. The van der Waals surface area contributed by atoms with Gasteiger partial charge in [0, 0.05) is 12.5 Å². The number of carbonyl (C=O) groups is 1. The molecule has 118 valence electrons. The fraction of sp³-hybridized carbons (Fsp3) is 0.556. The van der Waals surface area contributed by atoms with Crippen molar-refractivity contribution < 1.29 is 9.63 Å². The maximum atomic E-state index is 12.4. The van der Waals surface area contributed by atoms with Gasteiger partial charge in [0.15, 0.2) is 6.10 Å². The maximum Gasteiger partial charge on any atom is 0.269 e. The number of hydrogen-bond donors (Lipinski definition) is 1. The molecule has 4 nitrogen and oxygen atoms in total. The van der Waals surface area contributed by atoms with Crippen LogP contribution in [0.3, 0.4) is 0 Å². The number of carbonyl (C=O) groups excluding carboxylic acids is 1. The second-order valence-electron chi connectivity index (χ2n) is 6.26. The van der Waals surface area contributed by atoms with Crippen LogP contribution in [0.4, 0.5) is 0 Å². The first kappa shape index (κ1) is 15.1. The minimum absolute atomic E-state index is 0.0518. The molecule has 0 bridgehead atoms. The predicted octanol–water partition coefficient (Wildman–Crippen LogP) is 3.73. The summed E-state index contributed by atoms with van der Waals surface area (Å²) >= 11 is 0. The van der Waals surface area contributed by atoms with Crippen molar-refractivity contribution in [3.05, 3.63) is 35.9 Å². The number of amides is 1. The highest BCUT2D eigenvalue weighted by molar-refractivity contribution is 6.39. The van der Waals surface area contributed by atoms with Crippen LogP contribution in [0.25, 0.3) is 0 Å². The van der Waals surface area contributed by atoms with Crippen LogP contribution in [0.15, 0.2) is 35.5 Å². The van der Waals surface area contributed by atoms with E-state index < -0.39 is 0 Å². The summed E-state index contributed by atoms with van der Waals surface area (Å²) in [6.07, 6.45) is 8.92. The van der Waals surface area contributed by atoms with Crippen molar-refractivity contribution in [2.75, 3.05) is 0 Å². The van der Waals surface area contributed by atoms with Gasteiger partial charge in [-0.1, -0.05) is 67.6 Å². The number of hydrogen-bond acceptors (Lipinski definition) is 3. The molecule has 0 radical (unpaired) electrons. The van der Waals surface area contributed by atoms with Gasteiger partial charge in [0.05, 0.1) is 0 Å². The summed E-state index contributed by atoms with van der Waals surface area (Å²) in [4.78, 5) is 17.8. The van der Waals surface area contributed by atoms with Gasteiger partial charge in [-0.3, -0.25) is 4.79 Å². The van der Waals surface area contributed by atoms with Gasteiger partial charge in [0.2, 0.25) is 0 Å². The topological polar surface area (TPSA) is 50.7 Å². The molecule has 1 heterocycles. The Morgan fingerprint density at radius 2 is 1.73 bits per heavy atom. The molecule has 3 rings (SSSR count). The third-order valence-corrected chi connectivity index (χ3v) is 4.54. The second-order valence-corrected chi connectivity index (χ2v) is 6.26. The van der Waals surface area contributed by atoms with Crippen LogP contribution in [0, 0.1) is 0 Å². The summed E-state index contributed by atoms with van der Waals surface area (Å²) in [5, 5.41) is 7.16. The number of oxime groups is 1. The van der Waals surface area contributed by atoms with Gasteiger partial charge in [0.25, 0.3) is 5.91 Å². The Hall–Kier alpha value is -1.84. The predicted molar refractivity (Wildman–Crippen MR) is 86.6 cm³/mol. The quantitative estimate of drug-likeness (QED) is 0.924. The first-order valence-electron chi connectivity index (χ1n) is 8.41. The number of nitrogens with zero attached hydrogens (tertiary/aromatic N) is 1. The minimum Gasteiger partial charge on any atom is -0.387 e. The lowest BCUT2D eigenvalue weighted by molar-refractivity contribution is -0.115. The second kappa shape index (κ2) is 7.43. The van der Waals surface area contributed by atoms with Gasteiger partial charge in [-0.2, -0.15) is 0 Å². The normalized spacial score (nSPS) is 23.1. The van der Waals surface area contributed by atoms with E-state index in [0.717, 1.165) is 18.4 Å². The zero-order valence-corrected chi connectivity index (χ0v) is 13.0. The molecule has 0 spiro atoms. The summed E-state index contributed by atoms with van der Waals surface area (Å²) in [7, 11) is 0. The molecule has 1 N–H and O–H groups in total. The molecule has 1 fully saturated rings. The summed E-state index contributed by atoms with van der Waals surface area (Å²) in [6.45, 7) is 0. The van der Waals surface area contributed by atoms with Crippen LogP contribution in [0.1, 0.15) is 63.0 Å². The van der Waals surface area contributed by atoms with E-state index in [1.165, 1.54) is 32.1 Å². The molecular weight excluding hydrogens is 276 g/mol. The van der Waals surface area contributed by atoms with E-state index in [4.69, 9.17) is 4.84 Å². The Bertz CT molecular complexity index is 519. The zero-order chi connectivity index (χ0) is 15.2. The van der Waals surface area contributed by atoms with E-state index in [1.807, 2.05) is 30.3 Å². The molecular formula is C18H24N2O2. The standard InChI is InChI=1S/C18H24N2O2/c21-18(19-15-11-7-2-1-3-8-12-15)16-13-17(22-20-16)14-9-5-4-6-10-14/h4-6,9-10,15,17H,1-3,7-8,11-13H2,(H,19,21)/t17-/m1/s1. The number of benzene rings is 1. The van der Waals surface area contributed by atoms with Gasteiger partial charge < -0.3 is 10.2 Å². The van der Waals surface area contributed by atoms with E-state index in [-0.39, 0.29) is 12.0 Å². The lowest BCUT2D eigenvalue weighted by Gasteiger charge is -2.20. The monoisotopic (exact) mass is 300 g/mol. The lowest BCUT2D eigenvalue weighted by atomic mass is 9.96. The average Bonchev–Trinajstić information content (AvgIpc) is 3.01.